The standard InChI is InChI=1S/C19H23NO/c1-13-8-14(2)10-15(9-13)11-19-18-5-4-17(21-3)12-16(18)6-7-20-19/h4-5,8-10,12,19-20H,6-7,11H2,1-3H3. The molecule has 110 valence electrons. The number of nitrogens with one attached hydrogen (secondary N) is 1. The van der Waals surface area contributed by atoms with E-state index in [-0.39, 0.29) is 0 Å². The molecule has 3 rings (SSSR count). The van der Waals surface area contributed by atoms with E-state index < -0.39 is 0 Å². The second kappa shape index (κ2) is 5.90. The molecule has 2 nitrogen and oxygen atoms in total. The van der Waals surface area contributed by atoms with E-state index in [9.17, 15) is 0 Å². The monoisotopic (exact) mass is 281 g/mol. The summed E-state index contributed by atoms with van der Waals surface area (Å²) < 4.78 is 5.34. The van der Waals surface area contributed by atoms with Gasteiger partial charge in [0.2, 0.25) is 0 Å². The van der Waals surface area contributed by atoms with Crippen LogP contribution in [0.3, 0.4) is 0 Å². The third-order valence-corrected chi connectivity index (χ3v) is 4.23. The Morgan fingerprint density at radius 2 is 1.86 bits per heavy atom. The van der Waals surface area contributed by atoms with Crippen LogP contribution in [0.15, 0.2) is 36.4 Å². The first-order chi connectivity index (χ1) is 10.2. The summed E-state index contributed by atoms with van der Waals surface area (Å²) in [4.78, 5) is 0. The maximum Gasteiger partial charge on any atom is 0.119 e. The van der Waals surface area contributed by atoms with Crippen LogP contribution in [0.1, 0.15) is 33.9 Å². The van der Waals surface area contributed by atoms with Crippen molar-refractivity contribution in [1.29, 1.82) is 0 Å². The largest absolute Gasteiger partial charge is 0.497 e. The van der Waals surface area contributed by atoms with Crippen LogP contribution >= 0.6 is 0 Å². The molecule has 0 saturated carbocycles. The van der Waals surface area contributed by atoms with E-state index in [0.717, 1.165) is 25.1 Å². The van der Waals surface area contributed by atoms with Crippen molar-refractivity contribution in [2.75, 3.05) is 13.7 Å². The molecule has 1 aliphatic rings. The number of ether oxygens (including phenoxy) is 1. The maximum atomic E-state index is 5.34. The number of hydrogen-bond acceptors (Lipinski definition) is 2. The highest BCUT2D eigenvalue weighted by molar-refractivity contribution is 5.40. The van der Waals surface area contributed by atoms with Gasteiger partial charge >= 0.3 is 0 Å². The van der Waals surface area contributed by atoms with Crippen LogP contribution in [0.25, 0.3) is 0 Å². The number of rotatable bonds is 3. The van der Waals surface area contributed by atoms with Gasteiger partial charge in [0.1, 0.15) is 5.75 Å². The fraction of sp³-hybridized carbons (Fsp3) is 0.368. The highest BCUT2D eigenvalue weighted by Gasteiger charge is 2.20. The molecule has 0 bridgehead atoms. The lowest BCUT2D eigenvalue weighted by Crippen LogP contribution is -2.31. The fourth-order valence-electron chi connectivity index (χ4n) is 3.36. The molecule has 1 unspecified atom stereocenters. The van der Waals surface area contributed by atoms with E-state index in [4.69, 9.17) is 4.74 Å². The molecule has 0 aliphatic carbocycles. The van der Waals surface area contributed by atoms with Gasteiger partial charge in [0, 0.05) is 6.04 Å². The Hall–Kier alpha value is -1.80. The van der Waals surface area contributed by atoms with Crippen molar-refractivity contribution in [1.82, 2.24) is 5.32 Å². The van der Waals surface area contributed by atoms with Gasteiger partial charge in [-0.1, -0.05) is 35.4 Å². The van der Waals surface area contributed by atoms with E-state index in [0.29, 0.717) is 6.04 Å². The van der Waals surface area contributed by atoms with Gasteiger partial charge in [0.25, 0.3) is 0 Å². The molecular formula is C19H23NO. The topological polar surface area (TPSA) is 21.3 Å². The molecule has 2 aromatic carbocycles. The average molecular weight is 281 g/mol. The summed E-state index contributed by atoms with van der Waals surface area (Å²) in [6.45, 7) is 5.38. The zero-order chi connectivity index (χ0) is 14.8. The van der Waals surface area contributed by atoms with Gasteiger partial charge in [0.15, 0.2) is 0 Å². The van der Waals surface area contributed by atoms with Crippen LogP contribution < -0.4 is 10.1 Å². The van der Waals surface area contributed by atoms with Gasteiger partial charge < -0.3 is 10.1 Å². The van der Waals surface area contributed by atoms with E-state index in [1.807, 2.05) is 0 Å². The summed E-state index contributed by atoms with van der Waals surface area (Å²) in [5, 5.41) is 3.66. The smallest absolute Gasteiger partial charge is 0.119 e. The Morgan fingerprint density at radius 1 is 1.10 bits per heavy atom. The Labute approximate surface area is 127 Å². The zero-order valence-corrected chi connectivity index (χ0v) is 13.1. The number of fused-ring (bicyclic) bond motifs is 1. The number of hydrogen-bond donors (Lipinski definition) is 1. The lowest BCUT2D eigenvalue weighted by molar-refractivity contribution is 0.412. The third-order valence-electron chi connectivity index (χ3n) is 4.23. The van der Waals surface area contributed by atoms with Crippen LogP contribution in [0.2, 0.25) is 0 Å². The molecule has 0 amide bonds. The maximum absolute atomic E-state index is 5.34. The Morgan fingerprint density at radius 3 is 2.57 bits per heavy atom. The minimum absolute atomic E-state index is 0.404. The van der Waals surface area contributed by atoms with Crippen molar-refractivity contribution in [2.24, 2.45) is 0 Å². The van der Waals surface area contributed by atoms with Gasteiger partial charge in [-0.2, -0.15) is 0 Å². The first-order valence-corrected chi connectivity index (χ1v) is 7.63. The highest BCUT2D eigenvalue weighted by atomic mass is 16.5. The molecule has 1 aliphatic heterocycles. The SMILES string of the molecule is COc1ccc2c(c1)CCNC2Cc1cc(C)cc(C)c1. The summed E-state index contributed by atoms with van der Waals surface area (Å²) in [5.74, 6) is 0.959. The quantitative estimate of drug-likeness (QED) is 0.925. The first kappa shape index (κ1) is 14.2. The summed E-state index contributed by atoms with van der Waals surface area (Å²) in [6.07, 6.45) is 2.12. The molecule has 2 heteroatoms. The van der Waals surface area contributed by atoms with E-state index in [1.165, 1.54) is 27.8 Å². The van der Waals surface area contributed by atoms with Crippen LogP contribution in [0.5, 0.6) is 5.75 Å². The second-order valence-corrected chi connectivity index (χ2v) is 6.02. The lowest BCUT2D eigenvalue weighted by Gasteiger charge is -2.27. The molecule has 0 radical (unpaired) electrons. The van der Waals surface area contributed by atoms with Crippen molar-refractivity contribution in [2.45, 2.75) is 32.7 Å². The van der Waals surface area contributed by atoms with Gasteiger partial charge in [-0.25, -0.2) is 0 Å². The Kier molecular flexibility index (Phi) is 3.98. The summed E-state index contributed by atoms with van der Waals surface area (Å²) in [5.41, 5.74) is 6.93. The lowest BCUT2D eigenvalue weighted by atomic mass is 9.89. The molecule has 0 fully saturated rings. The Balaban J connectivity index is 1.88. The fourth-order valence-corrected chi connectivity index (χ4v) is 3.36. The van der Waals surface area contributed by atoms with E-state index >= 15 is 0 Å². The van der Waals surface area contributed by atoms with Crippen molar-refractivity contribution in [3.05, 3.63) is 64.2 Å². The van der Waals surface area contributed by atoms with Crippen LogP contribution in [0.4, 0.5) is 0 Å². The van der Waals surface area contributed by atoms with Crippen LogP contribution in [-0.4, -0.2) is 13.7 Å². The minimum Gasteiger partial charge on any atom is -0.497 e. The first-order valence-electron chi connectivity index (χ1n) is 7.63. The number of aryl methyl sites for hydroxylation is 2. The normalized spacial score (nSPS) is 17.4. The molecule has 1 heterocycles. The summed E-state index contributed by atoms with van der Waals surface area (Å²) in [7, 11) is 1.73. The molecule has 0 spiro atoms. The van der Waals surface area contributed by atoms with Crippen LogP contribution in [-0.2, 0) is 12.8 Å². The highest BCUT2D eigenvalue weighted by Crippen LogP contribution is 2.29. The third kappa shape index (κ3) is 3.11. The van der Waals surface area contributed by atoms with Gasteiger partial charge in [-0.15, -0.1) is 0 Å². The Bertz CT molecular complexity index is 628. The summed E-state index contributed by atoms with van der Waals surface area (Å²) >= 11 is 0. The van der Waals surface area contributed by atoms with Crippen molar-refractivity contribution >= 4 is 0 Å². The molecule has 1 atom stereocenters. The molecule has 0 saturated heterocycles. The zero-order valence-electron chi connectivity index (χ0n) is 13.1. The second-order valence-electron chi connectivity index (χ2n) is 6.02. The number of methoxy groups -OCH3 is 1. The molecule has 1 N–H and O–H groups in total. The van der Waals surface area contributed by atoms with E-state index in [1.54, 1.807) is 7.11 Å². The van der Waals surface area contributed by atoms with Gasteiger partial charge in [-0.05, 0) is 62.1 Å². The molecule has 21 heavy (non-hydrogen) atoms. The van der Waals surface area contributed by atoms with Crippen molar-refractivity contribution < 1.29 is 4.74 Å². The molecular weight excluding hydrogens is 258 g/mol. The van der Waals surface area contributed by atoms with Gasteiger partial charge in [0.05, 0.1) is 7.11 Å². The predicted octanol–water partition coefficient (Wildman–Crippen LogP) is 3.74. The minimum atomic E-state index is 0.404. The number of benzene rings is 2. The van der Waals surface area contributed by atoms with Crippen LogP contribution in [0, 0.1) is 13.8 Å². The molecule has 0 aromatic heterocycles. The average Bonchev–Trinajstić information content (AvgIpc) is 2.46. The van der Waals surface area contributed by atoms with E-state index in [2.05, 4.69) is 55.6 Å². The predicted molar refractivity (Wildman–Crippen MR) is 87.1 cm³/mol. The van der Waals surface area contributed by atoms with Gasteiger partial charge in [-0.3, -0.25) is 0 Å². The summed E-state index contributed by atoms with van der Waals surface area (Å²) in [6, 6.07) is 13.7. The van der Waals surface area contributed by atoms with Crippen molar-refractivity contribution in [3.8, 4) is 5.75 Å². The van der Waals surface area contributed by atoms with Crippen molar-refractivity contribution in [3.63, 3.8) is 0 Å². The molecule has 2 aromatic rings.